The molecule has 9 heteroatoms. The van der Waals surface area contributed by atoms with Crippen molar-refractivity contribution < 1.29 is 9.59 Å². The van der Waals surface area contributed by atoms with E-state index in [1.807, 2.05) is 43.4 Å². The van der Waals surface area contributed by atoms with Crippen LogP contribution in [0.5, 0.6) is 0 Å². The van der Waals surface area contributed by atoms with Gasteiger partial charge in [-0.15, -0.1) is 0 Å². The molecule has 3 aromatic carbocycles. The monoisotopic (exact) mass is 539 g/mol. The van der Waals surface area contributed by atoms with Crippen LogP contribution in [0.4, 0.5) is 16.2 Å². The van der Waals surface area contributed by atoms with Crippen LogP contribution in [0.25, 0.3) is 0 Å². The van der Waals surface area contributed by atoms with Gasteiger partial charge in [-0.05, 0) is 66.2 Å². The number of carbonyl (C=O) groups is 2. The Balaban J connectivity index is 1.49. The van der Waals surface area contributed by atoms with Crippen LogP contribution in [0.15, 0.2) is 82.3 Å². The summed E-state index contributed by atoms with van der Waals surface area (Å²) in [5, 5.41) is 8.95. The molecule has 1 aliphatic heterocycles. The van der Waals surface area contributed by atoms with E-state index in [4.69, 9.17) is 11.6 Å². The van der Waals surface area contributed by atoms with Gasteiger partial charge in [0, 0.05) is 40.0 Å². The highest BCUT2D eigenvalue weighted by Crippen LogP contribution is 2.21. The number of carbonyl (C=O) groups excluding carboxylic acids is 2. The lowest BCUT2D eigenvalue weighted by atomic mass is 10.1. The van der Waals surface area contributed by atoms with Crippen LogP contribution >= 0.6 is 27.5 Å². The first-order chi connectivity index (χ1) is 16.4. The molecule has 0 aliphatic carbocycles. The second kappa shape index (κ2) is 10.7. The number of amides is 3. The van der Waals surface area contributed by atoms with Crippen molar-refractivity contribution in [2.75, 3.05) is 30.8 Å². The third kappa shape index (κ3) is 5.95. The van der Waals surface area contributed by atoms with Gasteiger partial charge >= 0.3 is 6.03 Å². The van der Waals surface area contributed by atoms with Crippen LogP contribution in [0.2, 0.25) is 5.02 Å². The topological polar surface area (TPSA) is 85.8 Å². The first-order valence-corrected chi connectivity index (χ1v) is 11.8. The van der Waals surface area contributed by atoms with Crippen molar-refractivity contribution in [3.63, 3.8) is 0 Å². The molecule has 0 aromatic heterocycles. The lowest BCUT2D eigenvalue weighted by Gasteiger charge is -2.20. The van der Waals surface area contributed by atoms with Gasteiger partial charge < -0.3 is 20.9 Å². The van der Waals surface area contributed by atoms with Crippen LogP contribution in [0.1, 0.15) is 17.2 Å². The van der Waals surface area contributed by atoms with Crippen molar-refractivity contribution in [2.45, 2.75) is 6.04 Å². The van der Waals surface area contributed by atoms with Crippen LogP contribution in [-0.4, -0.2) is 42.8 Å². The van der Waals surface area contributed by atoms with Gasteiger partial charge in [-0.25, -0.2) is 4.79 Å². The zero-order chi connectivity index (χ0) is 24.1. The van der Waals surface area contributed by atoms with E-state index in [0.717, 1.165) is 29.0 Å². The molecular formula is C25H23BrClN5O2. The predicted molar refractivity (Wildman–Crippen MR) is 140 cm³/mol. The third-order valence-electron chi connectivity index (χ3n) is 5.31. The summed E-state index contributed by atoms with van der Waals surface area (Å²) in [5.41, 5.74) is 2.82. The van der Waals surface area contributed by atoms with Crippen molar-refractivity contribution >= 4 is 56.7 Å². The quantitative estimate of drug-likeness (QED) is 0.397. The minimum atomic E-state index is -0.912. The van der Waals surface area contributed by atoms with E-state index < -0.39 is 12.1 Å². The van der Waals surface area contributed by atoms with Crippen molar-refractivity contribution in [3.05, 3.63) is 93.4 Å². The average molecular weight is 541 g/mol. The van der Waals surface area contributed by atoms with E-state index in [-0.39, 0.29) is 5.91 Å². The van der Waals surface area contributed by atoms with Gasteiger partial charge in [0.05, 0.1) is 6.54 Å². The number of anilines is 2. The molecule has 1 unspecified atom stereocenters. The number of nitrogens with one attached hydrogen (secondary N) is 3. The van der Waals surface area contributed by atoms with Gasteiger partial charge in [0.15, 0.2) is 0 Å². The predicted octanol–water partition coefficient (Wildman–Crippen LogP) is 5.30. The number of benzene rings is 3. The van der Waals surface area contributed by atoms with Crippen LogP contribution in [0.3, 0.4) is 0 Å². The first-order valence-electron chi connectivity index (χ1n) is 10.6. The maximum Gasteiger partial charge on any atom is 0.320 e. The van der Waals surface area contributed by atoms with E-state index in [2.05, 4.69) is 41.8 Å². The minimum absolute atomic E-state index is 0.364. The smallest absolute Gasteiger partial charge is 0.320 e. The molecule has 3 aromatic rings. The number of halogens is 2. The number of hydrogen-bond acceptors (Lipinski definition) is 4. The summed E-state index contributed by atoms with van der Waals surface area (Å²) < 4.78 is 0.872. The number of rotatable bonds is 6. The highest BCUT2D eigenvalue weighted by atomic mass is 79.9. The molecule has 1 aliphatic rings. The van der Waals surface area contributed by atoms with Crippen molar-refractivity contribution in [1.29, 1.82) is 0 Å². The summed E-state index contributed by atoms with van der Waals surface area (Å²) in [4.78, 5) is 32.5. The third-order valence-corrected chi connectivity index (χ3v) is 6.09. The van der Waals surface area contributed by atoms with E-state index in [0.29, 0.717) is 22.0 Å². The molecule has 0 fully saturated rings. The van der Waals surface area contributed by atoms with Gasteiger partial charge in [0.2, 0.25) is 0 Å². The summed E-state index contributed by atoms with van der Waals surface area (Å²) in [7, 11) is 2.01. The number of aliphatic imine (C=N–C) groups is 1. The molecule has 3 N–H and O–H groups in total. The Hall–Kier alpha value is -3.36. The zero-order valence-corrected chi connectivity index (χ0v) is 20.7. The first kappa shape index (κ1) is 23.8. The van der Waals surface area contributed by atoms with E-state index in [1.54, 1.807) is 36.4 Å². The fourth-order valence-corrected chi connectivity index (χ4v) is 3.94. The summed E-state index contributed by atoms with van der Waals surface area (Å²) in [5.74, 6) is 0.572. The van der Waals surface area contributed by atoms with Crippen LogP contribution in [0, 0.1) is 0 Å². The maximum absolute atomic E-state index is 13.2. The van der Waals surface area contributed by atoms with Gasteiger partial charge in [0.1, 0.15) is 11.9 Å². The van der Waals surface area contributed by atoms with Gasteiger partial charge in [-0.2, -0.15) is 0 Å². The molecule has 4 rings (SSSR count). The number of likely N-dealkylation sites (N-methyl/N-ethyl adjacent to an activating group) is 1. The summed E-state index contributed by atoms with van der Waals surface area (Å²) in [6.07, 6.45) is 0. The SMILES string of the molecule is CN1CCN=C1c1ccc(NC(=O)C(NC(=O)Nc2ccc(Cl)cc2)c2ccc(Br)cc2)cc1. The molecule has 1 atom stereocenters. The van der Waals surface area contributed by atoms with E-state index in [9.17, 15) is 9.59 Å². The number of nitrogens with zero attached hydrogens (tertiary/aromatic N) is 2. The second-order valence-electron chi connectivity index (χ2n) is 7.78. The van der Waals surface area contributed by atoms with Crippen molar-refractivity contribution in [3.8, 4) is 0 Å². The molecule has 34 heavy (non-hydrogen) atoms. The van der Waals surface area contributed by atoms with Crippen molar-refractivity contribution in [1.82, 2.24) is 10.2 Å². The fraction of sp³-hybridized carbons (Fsp3) is 0.160. The number of hydrogen-bond donors (Lipinski definition) is 3. The van der Waals surface area contributed by atoms with Gasteiger partial charge in [-0.3, -0.25) is 9.79 Å². The molecule has 1 heterocycles. The number of amidine groups is 1. The van der Waals surface area contributed by atoms with E-state index >= 15 is 0 Å². The Morgan fingerprint density at radius 2 is 1.56 bits per heavy atom. The molecule has 3 amide bonds. The highest BCUT2D eigenvalue weighted by molar-refractivity contribution is 9.10. The van der Waals surface area contributed by atoms with Gasteiger partial charge in [0.25, 0.3) is 5.91 Å². The van der Waals surface area contributed by atoms with Crippen LogP contribution in [-0.2, 0) is 4.79 Å². The lowest BCUT2D eigenvalue weighted by Crippen LogP contribution is -2.39. The largest absolute Gasteiger partial charge is 0.358 e. The Labute approximate surface area is 211 Å². The second-order valence-corrected chi connectivity index (χ2v) is 9.14. The maximum atomic E-state index is 13.2. The van der Waals surface area contributed by atoms with Crippen LogP contribution < -0.4 is 16.0 Å². The summed E-state index contributed by atoms with van der Waals surface area (Å²) in [6.45, 7) is 1.68. The normalized spacial score (nSPS) is 13.7. The zero-order valence-electron chi connectivity index (χ0n) is 18.4. The Morgan fingerprint density at radius 1 is 0.941 bits per heavy atom. The molecule has 0 saturated heterocycles. The molecule has 174 valence electrons. The van der Waals surface area contributed by atoms with Crippen molar-refractivity contribution in [2.24, 2.45) is 4.99 Å². The molecule has 0 saturated carbocycles. The standard InChI is InChI=1S/C25H23BrClN5O2/c1-32-15-14-28-23(32)17-4-10-20(11-5-17)29-24(33)22(16-2-6-18(26)7-3-16)31-25(34)30-21-12-8-19(27)9-13-21/h2-13,22H,14-15H2,1H3,(H,29,33)(H2,30,31,34). The molecule has 0 spiro atoms. The minimum Gasteiger partial charge on any atom is -0.358 e. The Bertz CT molecular complexity index is 1200. The number of urea groups is 1. The molecule has 0 bridgehead atoms. The lowest BCUT2D eigenvalue weighted by molar-refractivity contribution is -0.118. The van der Waals surface area contributed by atoms with Gasteiger partial charge in [-0.1, -0.05) is 39.7 Å². The molecule has 7 nitrogen and oxygen atoms in total. The Kier molecular flexibility index (Phi) is 7.49. The summed E-state index contributed by atoms with van der Waals surface area (Å²) in [6, 6.07) is 20.0. The highest BCUT2D eigenvalue weighted by Gasteiger charge is 2.23. The van der Waals surface area contributed by atoms with E-state index in [1.165, 1.54) is 0 Å². The molecule has 0 radical (unpaired) electrons. The molecular weight excluding hydrogens is 518 g/mol. The summed E-state index contributed by atoms with van der Waals surface area (Å²) >= 11 is 9.30. The fourth-order valence-electron chi connectivity index (χ4n) is 3.55. The average Bonchev–Trinajstić information content (AvgIpc) is 3.26. The Morgan fingerprint density at radius 3 is 2.18 bits per heavy atom.